The number of likely N-dealkylation sites (N-methyl/N-ethyl adjacent to an activating group) is 1. The molecule has 90 valence electrons. The Kier molecular flexibility index (Phi) is 5.90. The topological polar surface area (TPSA) is 24.5 Å². The summed E-state index contributed by atoms with van der Waals surface area (Å²) < 4.78 is 0. The minimum absolute atomic E-state index is 0.704. The Bertz CT molecular complexity index is 298. The van der Waals surface area contributed by atoms with Gasteiger partial charge in [0.25, 0.3) is 0 Å². The molecule has 0 saturated heterocycles. The molecule has 1 N–H and O–H groups in total. The van der Waals surface area contributed by atoms with Gasteiger partial charge in [-0.25, -0.2) is 0 Å². The van der Waals surface area contributed by atoms with Crippen molar-refractivity contribution in [2.24, 2.45) is 0 Å². The van der Waals surface area contributed by atoms with Crippen LogP contribution in [-0.2, 0) is 4.84 Å². The van der Waals surface area contributed by atoms with Crippen molar-refractivity contribution in [2.45, 2.75) is 20.8 Å². The molecule has 0 bridgehead atoms. The van der Waals surface area contributed by atoms with Gasteiger partial charge in [-0.2, -0.15) is 0 Å². The molecule has 0 aromatic heterocycles. The van der Waals surface area contributed by atoms with Gasteiger partial charge in [-0.15, -0.1) is 0 Å². The standard InChI is InChI=1S/C13H22N2O/c1-4-15(5-2)9-10-16-14-13-8-6-7-12(3)11-13/h6-8,11,14H,4-5,9-10H2,1-3H3. The zero-order valence-corrected chi connectivity index (χ0v) is 10.5. The van der Waals surface area contributed by atoms with Gasteiger partial charge >= 0.3 is 0 Å². The predicted molar refractivity (Wildman–Crippen MR) is 68.5 cm³/mol. The molecule has 3 heteroatoms. The van der Waals surface area contributed by atoms with Crippen LogP contribution in [0.1, 0.15) is 19.4 Å². The highest BCUT2D eigenvalue weighted by atomic mass is 16.6. The zero-order chi connectivity index (χ0) is 11.8. The summed E-state index contributed by atoms with van der Waals surface area (Å²) in [6.07, 6.45) is 0. The average molecular weight is 222 g/mol. The van der Waals surface area contributed by atoms with E-state index in [0.29, 0.717) is 6.61 Å². The Morgan fingerprint density at radius 1 is 1.25 bits per heavy atom. The molecule has 0 amide bonds. The van der Waals surface area contributed by atoms with Crippen molar-refractivity contribution in [2.75, 3.05) is 31.7 Å². The Balaban J connectivity index is 2.20. The van der Waals surface area contributed by atoms with E-state index in [0.717, 1.165) is 25.3 Å². The van der Waals surface area contributed by atoms with Crippen molar-refractivity contribution < 1.29 is 4.84 Å². The van der Waals surface area contributed by atoms with Crippen LogP contribution < -0.4 is 5.48 Å². The Morgan fingerprint density at radius 3 is 2.62 bits per heavy atom. The van der Waals surface area contributed by atoms with Crippen LogP contribution in [0, 0.1) is 6.92 Å². The van der Waals surface area contributed by atoms with E-state index in [1.807, 2.05) is 12.1 Å². The van der Waals surface area contributed by atoms with E-state index in [1.54, 1.807) is 0 Å². The molecule has 0 aliphatic carbocycles. The second-order valence-electron chi connectivity index (χ2n) is 3.85. The highest BCUT2D eigenvalue weighted by molar-refractivity contribution is 5.43. The SMILES string of the molecule is CCN(CC)CCONc1cccc(C)c1. The minimum atomic E-state index is 0.704. The molecule has 1 rings (SSSR count). The molecular weight excluding hydrogens is 200 g/mol. The lowest BCUT2D eigenvalue weighted by atomic mass is 10.2. The molecule has 16 heavy (non-hydrogen) atoms. The fourth-order valence-electron chi connectivity index (χ4n) is 1.56. The molecule has 0 radical (unpaired) electrons. The van der Waals surface area contributed by atoms with Gasteiger partial charge in [0.05, 0.1) is 12.3 Å². The molecule has 1 aromatic rings. The van der Waals surface area contributed by atoms with Gasteiger partial charge in [-0.3, -0.25) is 10.3 Å². The predicted octanol–water partition coefficient (Wildman–Crippen LogP) is 2.68. The van der Waals surface area contributed by atoms with Gasteiger partial charge in [0.2, 0.25) is 0 Å². The lowest BCUT2D eigenvalue weighted by molar-refractivity contribution is 0.151. The summed E-state index contributed by atoms with van der Waals surface area (Å²) in [6.45, 7) is 10.2. The summed E-state index contributed by atoms with van der Waals surface area (Å²) in [7, 11) is 0. The summed E-state index contributed by atoms with van der Waals surface area (Å²) in [4.78, 5) is 7.75. The Morgan fingerprint density at radius 2 is 2.00 bits per heavy atom. The first-order valence-electron chi connectivity index (χ1n) is 5.93. The van der Waals surface area contributed by atoms with Crippen LogP contribution in [0.2, 0.25) is 0 Å². The molecule has 0 aliphatic heterocycles. The summed E-state index contributed by atoms with van der Waals surface area (Å²) in [6, 6.07) is 8.16. The number of nitrogens with zero attached hydrogens (tertiary/aromatic N) is 1. The van der Waals surface area contributed by atoms with Crippen LogP contribution in [0.4, 0.5) is 5.69 Å². The van der Waals surface area contributed by atoms with E-state index in [2.05, 4.69) is 43.3 Å². The number of hydrogen-bond donors (Lipinski definition) is 1. The molecule has 0 saturated carbocycles. The zero-order valence-electron chi connectivity index (χ0n) is 10.5. The fraction of sp³-hybridized carbons (Fsp3) is 0.538. The number of hydrogen-bond acceptors (Lipinski definition) is 3. The van der Waals surface area contributed by atoms with Crippen molar-refractivity contribution in [3.63, 3.8) is 0 Å². The second-order valence-corrected chi connectivity index (χ2v) is 3.85. The molecule has 1 aromatic carbocycles. The maximum absolute atomic E-state index is 5.42. The van der Waals surface area contributed by atoms with Crippen molar-refractivity contribution in [1.82, 2.24) is 4.90 Å². The smallest absolute Gasteiger partial charge is 0.0873 e. The first-order chi connectivity index (χ1) is 7.76. The Labute approximate surface area is 98.4 Å². The number of anilines is 1. The lowest BCUT2D eigenvalue weighted by Gasteiger charge is -2.17. The maximum atomic E-state index is 5.42. The van der Waals surface area contributed by atoms with Gasteiger partial charge in [0.15, 0.2) is 0 Å². The van der Waals surface area contributed by atoms with E-state index in [-0.39, 0.29) is 0 Å². The molecule has 0 heterocycles. The van der Waals surface area contributed by atoms with Crippen LogP contribution >= 0.6 is 0 Å². The molecule has 0 aliphatic rings. The fourth-order valence-corrected chi connectivity index (χ4v) is 1.56. The van der Waals surface area contributed by atoms with Crippen LogP contribution in [0.3, 0.4) is 0 Å². The van der Waals surface area contributed by atoms with E-state index in [4.69, 9.17) is 4.84 Å². The number of rotatable bonds is 7. The van der Waals surface area contributed by atoms with Crippen LogP contribution in [0.5, 0.6) is 0 Å². The molecule has 0 atom stereocenters. The summed E-state index contributed by atoms with van der Waals surface area (Å²) in [5.41, 5.74) is 5.21. The number of aryl methyl sites for hydroxylation is 1. The van der Waals surface area contributed by atoms with E-state index < -0.39 is 0 Å². The highest BCUT2D eigenvalue weighted by Gasteiger charge is 1.98. The first kappa shape index (κ1) is 13.0. The number of benzene rings is 1. The van der Waals surface area contributed by atoms with Crippen molar-refractivity contribution in [3.05, 3.63) is 29.8 Å². The third-order valence-electron chi connectivity index (χ3n) is 2.61. The van der Waals surface area contributed by atoms with Crippen LogP contribution in [-0.4, -0.2) is 31.1 Å². The number of nitrogens with one attached hydrogen (secondary N) is 1. The molecular formula is C13H22N2O. The van der Waals surface area contributed by atoms with Gasteiger partial charge < -0.3 is 4.90 Å². The molecule has 0 fully saturated rings. The Hall–Kier alpha value is -1.06. The van der Waals surface area contributed by atoms with Crippen LogP contribution in [0.15, 0.2) is 24.3 Å². The normalized spacial score (nSPS) is 10.8. The first-order valence-corrected chi connectivity index (χ1v) is 5.93. The van der Waals surface area contributed by atoms with Gasteiger partial charge in [0, 0.05) is 6.54 Å². The monoisotopic (exact) mass is 222 g/mol. The quantitative estimate of drug-likeness (QED) is 0.567. The molecule has 0 spiro atoms. The van der Waals surface area contributed by atoms with E-state index in [9.17, 15) is 0 Å². The minimum Gasteiger partial charge on any atom is -0.301 e. The van der Waals surface area contributed by atoms with Crippen molar-refractivity contribution in [1.29, 1.82) is 0 Å². The van der Waals surface area contributed by atoms with Gasteiger partial charge in [-0.05, 0) is 37.7 Å². The summed E-state index contributed by atoms with van der Waals surface area (Å²) >= 11 is 0. The highest BCUT2D eigenvalue weighted by Crippen LogP contribution is 2.08. The van der Waals surface area contributed by atoms with Crippen molar-refractivity contribution in [3.8, 4) is 0 Å². The van der Waals surface area contributed by atoms with Gasteiger partial charge in [0.1, 0.15) is 0 Å². The molecule has 3 nitrogen and oxygen atoms in total. The average Bonchev–Trinajstić information content (AvgIpc) is 2.29. The van der Waals surface area contributed by atoms with Crippen LogP contribution in [0.25, 0.3) is 0 Å². The largest absolute Gasteiger partial charge is 0.301 e. The third kappa shape index (κ3) is 4.64. The summed E-state index contributed by atoms with van der Waals surface area (Å²) in [5.74, 6) is 0. The van der Waals surface area contributed by atoms with E-state index in [1.165, 1.54) is 5.56 Å². The van der Waals surface area contributed by atoms with E-state index >= 15 is 0 Å². The third-order valence-corrected chi connectivity index (χ3v) is 2.61. The lowest BCUT2D eigenvalue weighted by Crippen LogP contribution is -2.27. The second kappa shape index (κ2) is 7.25. The maximum Gasteiger partial charge on any atom is 0.0873 e. The summed E-state index contributed by atoms with van der Waals surface area (Å²) in [5, 5.41) is 0. The molecule has 0 unspecified atom stereocenters. The van der Waals surface area contributed by atoms with Crippen molar-refractivity contribution >= 4 is 5.69 Å². The van der Waals surface area contributed by atoms with Gasteiger partial charge in [-0.1, -0.05) is 26.0 Å².